The zero-order valence-corrected chi connectivity index (χ0v) is 14.6. The number of benzene rings is 2. The van der Waals surface area contributed by atoms with E-state index in [1.165, 1.54) is 11.6 Å². The maximum absolute atomic E-state index is 13.9. The number of rotatable bonds is 5. The Labute approximate surface area is 148 Å². The molecule has 0 amide bonds. The molecule has 1 atom stereocenters. The Morgan fingerprint density at radius 2 is 1.84 bits per heavy atom. The first-order valence-corrected chi connectivity index (χ1v) is 8.62. The number of aromatic hydroxyl groups is 1. The SMILES string of the molecule is CCC1=CN(CCc2ccccc2F)C(c2ccccc2O)N=C1C. The third-order valence-corrected chi connectivity index (χ3v) is 4.61. The first-order valence-electron chi connectivity index (χ1n) is 8.62. The number of nitrogens with zero attached hydrogens (tertiary/aromatic N) is 2. The number of hydrogen-bond acceptors (Lipinski definition) is 3. The van der Waals surface area contributed by atoms with Crippen LogP contribution in [-0.2, 0) is 6.42 Å². The molecule has 1 aliphatic heterocycles. The van der Waals surface area contributed by atoms with Gasteiger partial charge in [0.25, 0.3) is 0 Å². The van der Waals surface area contributed by atoms with Gasteiger partial charge in [0.1, 0.15) is 11.6 Å². The lowest BCUT2D eigenvalue weighted by molar-refractivity contribution is 0.277. The summed E-state index contributed by atoms with van der Waals surface area (Å²) >= 11 is 0. The van der Waals surface area contributed by atoms with Crippen molar-refractivity contribution >= 4 is 5.71 Å². The van der Waals surface area contributed by atoms with E-state index in [0.717, 1.165) is 17.7 Å². The Kier molecular flexibility index (Phi) is 5.17. The van der Waals surface area contributed by atoms with Gasteiger partial charge in [-0.3, -0.25) is 4.99 Å². The maximum atomic E-state index is 13.9. The van der Waals surface area contributed by atoms with Crippen molar-refractivity contribution in [1.82, 2.24) is 4.90 Å². The molecular weight excluding hydrogens is 315 g/mol. The van der Waals surface area contributed by atoms with E-state index in [0.29, 0.717) is 18.5 Å². The molecule has 0 aromatic heterocycles. The fourth-order valence-corrected chi connectivity index (χ4v) is 3.14. The summed E-state index contributed by atoms with van der Waals surface area (Å²) in [5, 5.41) is 10.2. The summed E-state index contributed by atoms with van der Waals surface area (Å²) in [4.78, 5) is 6.89. The Hall–Kier alpha value is -2.62. The molecule has 1 N–H and O–H groups in total. The van der Waals surface area contributed by atoms with E-state index < -0.39 is 0 Å². The van der Waals surface area contributed by atoms with E-state index in [9.17, 15) is 9.50 Å². The standard InChI is InChI=1S/C21H23FN2O/c1-3-16-14-24(13-12-17-8-4-6-10-19(17)22)21(23-15(16)2)18-9-5-7-11-20(18)25/h4-11,14,21,25H,3,12-13H2,1-2H3. The zero-order chi connectivity index (χ0) is 17.8. The molecule has 1 unspecified atom stereocenters. The molecule has 4 heteroatoms. The lowest BCUT2D eigenvalue weighted by Crippen LogP contribution is -2.30. The van der Waals surface area contributed by atoms with Gasteiger partial charge in [0.2, 0.25) is 0 Å². The number of halogens is 1. The van der Waals surface area contributed by atoms with Gasteiger partial charge in [-0.15, -0.1) is 0 Å². The largest absolute Gasteiger partial charge is 0.508 e. The van der Waals surface area contributed by atoms with E-state index >= 15 is 0 Å². The van der Waals surface area contributed by atoms with Gasteiger partial charge >= 0.3 is 0 Å². The Balaban J connectivity index is 1.88. The smallest absolute Gasteiger partial charge is 0.150 e. The van der Waals surface area contributed by atoms with Crippen LogP contribution in [0.5, 0.6) is 5.75 Å². The fourth-order valence-electron chi connectivity index (χ4n) is 3.14. The highest BCUT2D eigenvalue weighted by Gasteiger charge is 2.24. The summed E-state index contributed by atoms with van der Waals surface area (Å²) in [5.41, 5.74) is 3.61. The summed E-state index contributed by atoms with van der Waals surface area (Å²) in [6, 6.07) is 14.1. The average molecular weight is 338 g/mol. The highest BCUT2D eigenvalue weighted by atomic mass is 19.1. The van der Waals surface area contributed by atoms with E-state index in [1.807, 2.05) is 31.2 Å². The highest BCUT2D eigenvalue weighted by molar-refractivity contribution is 5.98. The molecule has 0 aliphatic carbocycles. The van der Waals surface area contributed by atoms with Crippen LogP contribution >= 0.6 is 0 Å². The predicted octanol–water partition coefficient (Wildman–Crippen LogP) is 4.84. The van der Waals surface area contributed by atoms with Gasteiger partial charge in [-0.1, -0.05) is 43.3 Å². The van der Waals surface area contributed by atoms with Crippen molar-refractivity contribution in [2.75, 3.05) is 6.54 Å². The lowest BCUT2D eigenvalue weighted by Gasteiger charge is -2.33. The van der Waals surface area contributed by atoms with Crippen LogP contribution < -0.4 is 0 Å². The Bertz CT molecular complexity index is 813. The molecule has 2 aromatic carbocycles. The lowest BCUT2D eigenvalue weighted by atomic mass is 10.0. The van der Waals surface area contributed by atoms with Crippen molar-refractivity contribution in [1.29, 1.82) is 0 Å². The molecule has 3 nitrogen and oxygen atoms in total. The van der Waals surface area contributed by atoms with Crippen molar-refractivity contribution in [3.63, 3.8) is 0 Å². The summed E-state index contributed by atoms with van der Waals surface area (Å²) in [6.07, 6.45) is 3.28. The minimum absolute atomic E-state index is 0.182. The fraction of sp³-hybridized carbons (Fsp3) is 0.286. The van der Waals surface area contributed by atoms with Gasteiger partial charge < -0.3 is 10.0 Å². The van der Waals surface area contributed by atoms with Gasteiger partial charge in [-0.25, -0.2) is 4.39 Å². The van der Waals surface area contributed by atoms with E-state index in [2.05, 4.69) is 18.0 Å². The number of aliphatic imine (C=N–C) groups is 1. The van der Waals surface area contributed by atoms with Gasteiger partial charge in [0, 0.05) is 24.0 Å². The van der Waals surface area contributed by atoms with Crippen LogP contribution in [-0.4, -0.2) is 22.3 Å². The van der Waals surface area contributed by atoms with Gasteiger partial charge in [0.05, 0.1) is 0 Å². The molecule has 0 fully saturated rings. The second kappa shape index (κ2) is 7.51. The van der Waals surface area contributed by atoms with Crippen molar-refractivity contribution in [3.05, 3.63) is 77.2 Å². The summed E-state index contributed by atoms with van der Waals surface area (Å²) in [5.74, 6) is 0.0475. The Morgan fingerprint density at radius 1 is 1.12 bits per heavy atom. The monoisotopic (exact) mass is 338 g/mol. The maximum Gasteiger partial charge on any atom is 0.150 e. The second-order valence-electron chi connectivity index (χ2n) is 6.23. The highest BCUT2D eigenvalue weighted by Crippen LogP contribution is 2.33. The first kappa shape index (κ1) is 17.2. The molecule has 130 valence electrons. The summed E-state index contributed by atoms with van der Waals surface area (Å²) in [7, 11) is 0. The minimum Gasteiger partial charge on any atom is -0.508 e. The molecule has 0 saturated carbocycles. The zero-order valence-electron chi connectivity index (χ0n) is 14.6. The van der Waals surface area contributed by atoms with E-state index in [1.54, 1.807) is 18.2 Å². The first-order chi connectivity index (χ1) is 12.1. The van der Waals surface area contributed by atoms with Crippen molar-refractivity contribution in [3.8, 4) is 5.75 Å². The molecule has 1 heterocycles. The molecule has 2 aromatic rings. The van der Waals surface area contributed by atoms with Crippen LogP contribution in [0.2, 0.25) is 0 Å². The minimum atomic E-state index is -0.289. The molecular formula is C21H23FN2O. The van der Waals surface area contributed by atoms with Crippen molar-refractivity contribution < 1.29 is 9.50 Å². The van der Waals surface area contributed by atoms with Gasteiger partial charge in [-0.2, -0.15) is 0 Å². The molecule has 3 rings (SSSR count). The molecule has 0 spiro atoms. The van der Waals surface area contributed by atoms with E-state index in [4.69, 9.17) is 4.99 Å². The van der Waals surface area contributed by atoms with Crippen LogP contribution in [0.3, 0.4) is 0 Å². The third-order valence-electron chi connectivity index (χ3n) is 4.61. The quantitative estimate of drug-likeness (QED) is 0.846. The molecule has 0 bridgehead atoms. The number of para-hydroxylation sites is 1. The average Bonchev–Trinajstić information content (AvgIpc) is 2.62. The molecule has 1 aliphatic rings. The summed E-state index contributed by atoms with van der Waals surface area (Å²) < 4.78 is 13.9. The third kappa shape index (κ3) is 3.73. The summed E-state index contributed by atoms with van der Waals surface area (Å²) in [6.45, 7) is 4.72. The number of phenols is 1. The topological polar surface area (TPSA) is 35.8 Å². The number of allylic oxidation sites excluding steroid dienone is 1. The van der Waals surface area contributed by atoms with Gasteiger partial charge in [0.15, 0.2) is 6.17 Å². The predicted molar refractivity (Wildman–Crippen MR) is 99.1 cm³/mol. The van der Waals surface area contributed by atoms with Crippen molar-refractivity contribution in [2.24, 2.45) is 4.99 Å². The number of phenolic OH excluding ortho intramolecular Hbond substituents is 1. The molecule has 25 heavy (non-hydrogen) atoms. The van der Waals surface area contributed by atoms with Gasteiger partial charge in [-0.05, 0) is 43.0 Å². The Morgan fingerprint density at radius 3 is 2.56 bits per heavy atom. The van der Waals surface area contributed by atoms with Crippen LogP contribution in [0.25, 0.3) is 0 Å². The van der Waals surface area contributed by atoms with E-state index in [-0.39, 0.29) is 17.7 Å². The second-order valence-corrected chi connectivity index (χ2v) is 6.23. The van der Waals surface area contributed by atoms with Crippen LogP contribution in [0.1, 0.15) is 37.6 Å². The number of hydrogen-bond donors (Lipinski definition) is 1. The van der Waals surface area contributed by atoms with Crippen LogP contribution in [0, 0.1) is 5.82 Å². The van der Waals surface area contributed by atoms with Crippen LogP contribution in [0.15, 0.2) is 65.3 Å². The molecule has 0 saturated heterocycles. The van der Waals surface area contributed by atoms with Crippen molar-refractivity contribution in [2.45, 2.75) is 32.9 Å². The normalized spacial score (nSPS) is 17.2. The molecule has 0 radical (unpaired) electrons. The van der Waals surface area contributed by atoms with Crippen LogP contribution in [0.4, 0.5) is 4.39 Å².